The number of rotatable bonds is 3. The minimum absolute atomic E-state index is 0.0480. The summed E-state index contributed by atoms with van der Waals surface area (Å²) in [7, 11) is 0. The lowest BCUT2D eigenvalue weighted by atomic mass is 10.2. The summed E-state index contributed by atoms with van der Waals surface area (Å²) in [5.74, 6) is -0.562. The maximum absolute atomic E-state index is 12.1. The second-order valence-electron chi connectivity index (χ2n) is 4.69. The quantitative estimate of drug-likeness (QED) is 0.821. The smallest absolute Gasteiger partial charge is 0.326 e. The van der Waals surface area contributed by atoms with Gasteiger partial charge in [-0.25, -0.2) is 9.78 Å². The molecule has 18 heavy (non-hydrogen) atoms. The number of carbonyl (C=O) groups is 2. The van der Waals surface area contributed by atoms with Gasteiger partial charge in [-0.3, -0.25) is 9.89 Å². The Bertz CT molecular complexity index is 469. The molecule has 1 saturated heterocycles. The van der Waals surface area contributed by atoms with Crippen molar-refractivity contribution in [2.24, 2.45) is 0 Å². The van der Waals surface area contributed by atoms with Gasteiger partial charge in [0.2, 0.25) is 5.82 Å². The monoisotopic (exact) mass is 252 g/mol. The average molecular weight is 252 g/mol. The average Bonchev–Trinajstić information content (AvgIpc) is 2.97. The molecule has 2 rings (SSSR count). The molecule has 0 spiro atoms. The molecule has 1 fully saturated rings. The van der Waals surface area contributed by atoms with E-state index in [-0.39, 0.29) is 11.7 Å². The van der Waals surface area contributed by atoms with Crippen LogP contribution in [-0.4, -0.2) is 49.7 Å². The summed E-state index contributed by atoms with van der Waals surface area (Å²) in [5.41, 5.74) is 0. The number of nitrogens with zero attached hydrogens (tertiary/aromatic N) is 3. The van der Waals surface area contributed by atoms with Crippen LogP contribution in [0, 0.1) is 0 Å². The first-order chi connectivity index (χ1) is 8.50. The number of carbonyl (C=O) groups excluding carboxylic acids is 1. The Balaban J connectivity index is 2.17. The number of likely N-dealkylation sites (tertiary alicyclic amines) is 1. The fourth-order valence-electron chi connectivity index (χ4n) is 2.02. The van der Waals surface area contributed by atoms with E-state index in [1.54, 1.807) is 0 Å². The van der Waals surface area contributed by atoms with Gasteiger partial charge in [0.25, 0.3) is 5.91 Å². The van der Waals surface area contributed by atoms with Crippen LogP contribution in [0.3, 0.4) is 0 Å². The number of carboxylic acid groups (broad SMARTS) is 1. The van der Waals surface area contributed by atoms with Crippen LogP contribution in [0.1, 0.15) is 49.1 Å². The van der Waals surface area contributed by atoms with Crippen molar-refractivity contribution in [2.45, 2.75) is 38.6 Å². The Labute approximate surface area is 104 Å². The zero-order chi connectivity index (χ0) is 13.3. The number of H-pyrrole nitrogens is 1. The summed E-state index contributed by atoms with van der Waals surface area (Å²) >= 11 is 0. The van der Waals surface area contributed by atoms with Crippen LogP contribution in [0.4, 0.5) is 0 Å². The number of aromatic amines is 1. The van der Waals surface area contributed by atoms with Crippen LogP contribution in [0.2, 0.25) is 0 Å². The first kappa shape index (κ1) is 12.5. The van der Waals surface area contributed by atoms with E-state index in [9.17, 15) is 9.59 Å². The molecule has 98 valence electrons. The van der Waals surface area contributed by atoms with Gasteiger partial charge in [0.1, 0.15) is 11.9 Å². The van der Waals surface area contributed by atoms with Crippen molar-refractivity contribution in [1.29, 1.82) is 0 Å². The second-order valence-corrected chi connectivity index (χ2v) is 4.69. The Hall–Kier alpha value is -1.92. The summed E-state index contributed by atoms with van der Waals surface area (Å²) in [6.45, 7) is 4.32. The van der Waals surface area contributed by atoms with E-state index in [1.165, 1.54) is 4.90 Å². The molecular formula is C11H16N4O3. The van der Waals surface area contributed by atoms with Crippen molar-refractivity contribution < 1.29 is 14.7 Å². The molecule has 1 aliphatic rings. The fourth-order valence-corrected chi connectivity index (χ4v) is 2.02. The van der Waals surface area contributed by atoms with E-state index in [0.29, 0.717) is 25.2 Å². The van der Waals surface area contributed by atoms with Crippen LogP contribution < -0.4 is 0 Å². The molecule has 1 unspecified atom stereocenters. The van der Waals surface area contributed by atoms with Gasteiger partial charge in [-0.2, -0.15) is 0 Å². The number of aliphatic carboxylic acids is 1. The fraction of sp³-hybridized carbons (Fsp3) is 0.636. The van der Waals surface area contributed by atoms with E-state index in [1.807, 2.05) is 13.8 Å². The number of amides is 1. The van der Waals surface area contributed by atoms with Gasteiger partial charge in [-0.1, -0.05) is 13.8 Å². The molecule has 0 aliphatic carbocycles. The van der Waals surface area contributed by atoms with Crippen LogP contribution in [0.25, 0.3) is 0 Å². The lowest BCUT2D eigenvalue weighted by Crippen LogP contribution is -2.40. The SMILES string of the molecule is CC(C)c1nc(C(=O)N2CCCC2C(=O)O)n[nH]1. The maximum Gasteiger partial charge on any atom is 0.326 e. The summed E-state index contributed by atoms with van der Waals surface area (Å²) in [6, 6.07) is -0.751. The second kappa shape index (κ2) is 4.75. The van der Waals surface area contributed by atoms with E-state index < -0.39 is 17.9 Å². The van der Waals surface area contributed by atoms with Crippen molar-refractivity contribution in [3.05, 3.63) is 11.6 Å². The molecule has 1 aromatic heterocycles. The zero-order valence-electron chi connectivity index (χ0n) is 10.4. The molecule has 7 nitrogen and oxygen atoms in total. The highest BCUT2D eigenvalue weighted by Crippen LogP contribution is 2.19. The lowest BCUT2D eigenvalue weighted by Gasteiger charge is -2.19. The first-order valence-electron chi connectivity index (χ1n) is 5.96. The van der Waals surface area contributed by atoms with E-state index in [4.69, 9.17) is 5.11 Å². The van der Waals surface area contributed by atoms with Crippen LogP contribution in [0.15, 0.2) is 0 Å². The Morgan fingerprint density at radius 1 is 1.50 bits per heavy atom. The zero-order valence-corrected chi connectivity index (χ0v) is 10.4. The third-order valence-electron chi connectivity index (χ3n) is 3.04. The summed E-state index contributed by atoms with van der Waals surface area (Å²) in [4.78, 5) is 28.6. The number of carboxylic acids is 1. The molecule has 1 aromatic rings. The van der Waals surface area contributed by atoms with Gasteiger partial charge in [0.15, 0.2) is 0 Å². The third kappa shape index (κ3) is 2.20. The Kier molecular flexibility index (Phi) is 3.31. The highest BCUT2D eigenvalue weighted by Gasteiger charge is 2.35. The third-order valence-corrected chi connectivity index (χ3v) is 3.04. The van der Waals surface area contributed by atoms with Gasteiger partial charge in [0.05, 0.1) is 0 Å². The number of nitrogens with one attached hydrogen (secondary N) is 1. The van der Waals surface area contributed by atoms with E-state index >= 15 is 0 Å². The van der Waals surface area contributed by atoms with Crippen molar-refractivity contribution in [1.82, 2.24) is 20.1 Å². The van der Waals surface area contributed by atoms with Crippen LogP contribution in [0.5, 0.6) is 0 Å². The first-order valence-corrected chi connectivity index (χ1v) is 5.96. The largest absolute Gasteiger partial charge is 0.480 e. The number of hydrogen-bond donors (Lipinski definition) is 2. The molecule has 1 aliphatic heterocycles. The highest BCUT2D eigenvalue weighted by atomic mass is 16.4. The normalized spacial score (nSPS) is 19.5. The molecule has 7 heteroatoms. The standard InChI is InChI=1S/C11H16N4O3/c1-6(2)8-12-9(14-13-8)10(16)15-5-3-4-7(15)11(17)18/h6-7H,3-5H2,1-2H3,(H,17,18)(H,12,13,14). The molecule has 2 heterocycles. The van der Waals surface area contributed by atoms with E-state index in [0.717, 1.165) is 0 Å². The lowest BCUT2D eigenvalue weighted by molar-refractivity contribution is -0.141. The van der Waals surface area contributed by atoms with Gasteiger partial charge in [0, 0.05) is 12.5 Å². The van der Waals surface area contributed by atoms with E-state index in [2.05, 4.69) is 15.2 Å². The molecule has 0 saturated carbocycles. The molecule has 1 atom stereocenters. The number of hydrogen-bond acceptors (Lipinski definition) is 4. The van der Waals surface area contributed by atoms with Gasteiger partial charge in [-0.05, 0) is 12.8 Å². The Morgan fingerprint density at radius 2 is 2.22 bits per heavy atom. The maximum atomic E-state index is 12.1. The van der Waals surface area contributed by atoms with Gasteiger partial charge < -0.3 is 10.0 Å². The van der Waals surface area contributed by atoms with Crippen molar-refractivity contribution in [3.63, 3.8) is 0 Å². The predicted octanol–water partition coefficient (Wildman–Crippen LogP) is 0.617. The van der Waals surface area contributed by atoms with Crippen molar-refractivity contribution >= 4 is 11.9 Å². The molecule has 0 aromatic carbocycles. The molecule has 0 bridgehead atoms. The van der Waals surface area contributed by atoms with Gasteiger partial charge in [-0.15, -0.1) is 5.10 Å². The summed E-state index contributed by atoms with van der Waals surface area (Å²) in [5, 5.41) is 15.6. The number of aromatic nitrogens is 3. The minimum Gasteiger partial charge on any atom is -0.480 e. The summed E-state index contributed by atoms with van der Waals surface area (Å²) in [6.07, 6.45) is 1.19. The minimum atomic E-state index is -0.972. The molecular weight excluding hydrogens is 236 g/mol. The van der Waals surface area contributed by atoms with Crippen molar-refractivity contribution in [2.75, 3.05) is 6.54 Å². The van der Waals surface area contributed by atoms with Crippen LogP contribution >= 0.6 is 0 Å². The highest BCUT2D eigenvalue weighted by molar-refractivity contribution is 5.93. The predicted molar refractivity (Wildman–Crippen MR) is 62.2 cm³/mol. The van der Waals surface area contributed by atoms with Crippen LogP contribution in [-0.2, 0) is 4.79 Å². The van der Waals surface area contributed by atoms with Gasteiger partial charge >= 0.3 is 5.97 Å². The molecule has 1 amide bonds. The Morgan fingerprint density at radius 3 is 2.78 bits per heavy atom. The molecule has 0 radical (unpaired) electrons. The molecule has 2 N–H and O–H groups in total. The topological polar surface area (TPSA) is 99.2 Å². The van der Waals surface area contributed by atoms with Crippen molar-refractivity contribution in [3.8, 4) is 0 Å². The summed E-state index contributed by atoms with van der Waals surface area (Å²) < 4.78 is 0.